The van der Waals surface area contributed by atoms with E-state index < -0.39 is 21.9 Å². The average molecular weight is 310 g/mol. The third-order valence-corrected chi connectivity index (χ3v) is 5.77. The highest BCUT2D eigenvalue weighted by molar-refractivity contribution is 7.89. The maximum Gasteiger partial charge on any atom is 0.306 e. The summed E-state index contributed by atoms with van der Waals surface area (Å²) in [7, 11) is -3.59. The smallest absolute Gasteiger partial charge is 0.306 e. The minimum Gasteiger partial charge on any atom is -0.481 e. The van der Waals surface area contributed by atoms with E-state index in [0.717, 1.165) is 0 Å². The Kier molecular flexibility index (Phi) is 3.68. The van der Waals surface area contributed by atoms with Gasteiger partial charge in [0.05, 0.1) is 15.1 Å². The second kappa shape index (κ2) is 4.80. The number of sulfonamides is 1. The second-order valence-corrected chi connectivity index (χ2v) is 7.89. The first kappa shape index (κ1) is 13.8. The van der Waals surface area contributed by atoms with E-state index in [9.17, 15) is 13.2 Å². The SMILES string of the molecule is Cc1sc(Cl)cc1S(=O)(=O)NC[C@@H]1C[C@H]1C(=O)O. The molecule has 18 heavy (non-hydrogen) atoms. The van der Waals surface area contributed by atoms with Crippen LogP contribution >= 0.6 is 22.9 Å². The van der Waals surface area contributed by atoms with Crippen LogP contribution < -0.4 is 4.72 Å². The van der Waals surface area contributed by atoms with Gasteiger partial charge in [0.1, 0.15) is 0 Å². The molecule has 5 nitrogen and oxygen atoms in total. The Morgan fingerprint density at radius 3 is 2.78 bits per heavy atom. The second-order valence-electron chi connectivity index (χ2n) is 4.26. The fourth-order valence-electron chi connectivity index (χ4n) is 1.77. The van der Waals surface area contributed by atoms with Gasteiger partial charge < -0.3 is 5.11 Å². The Balaban J connectivity index is 2.01. The zero-order valence-electron chi connectivity index (χ0n) is 9.51. The number of carboxylic acid groups (broad SMARTS) is 1. The van der Waals surface area contributed by atoms with E-state index in [-0.39, 0.29) is 17.4 Å². The predicted molar refractivity (Wildman–Crippen MR) is 68.5 cm³/mol. The van der Waals surface area contributed by atoms with Crippen LogP contribution in [-0.2, 0) is 14.8 Å². The molecule has 1 fully saturated rings. The number of hydrogen-bond donors (Lipinski definition) is 2. The van der Waals surface area contributed by atoms with Gasteiger partial charge in [0, 0.05) is 11.4 Å². The fraction of sp³-hybridized carbons (Fsp3) is 0.500. The van der Waals surface area contributed by atoms with Gasteiger partial charge in [-0.25, -0.2) is 13.1 Å². The number of halogens is 1. The molecule has 1 aromatic heterocycles. The molecule has 2 rings (SSSR count). The van der Waals surface area contributed by atoms with Crippen molar-refractivity contribution in [3.63, 3.8) is 0 Å². The summed E-state index contributed by atoms with van der Waals surface area (Å²) in [5.74, 6) is -1.39. The lowest BCUT2D eigenvalue weighted by Gasteiger charge is -2.05. The van der Waals surface area contributed by atoms with Gasteiger partial charge in [-0.05, 0) is 25.3 Å². The normalized spacial score (nSPS) is 23.0. The molecule has 0 saturated heterocycles. The molecule has 2 N–H and O–H groups in total. The first-order valence-corrected chi connectivity index (χ1v) is 7.97. The van der Waals surface area contributed by atoms with Crippen LogP contribution in [0.3, 0.4) is 0 Å². The number of hydrogen-bond acceptors (Lipinski definition) is 4. The summed E-state index contributed by atoms with van der Waals surface area (Å²) >= 11 is 6.96. The van der Waals surface area contributed by atoms with Crippen LogP contribution in [0.5, 0.6) is 0 Å². The van der Waals surface area contributed by atoms with Gasteiger partial charge in [0.25, 0.3) is 0 Å². The van der Waals surface area contributed by atoms with E-state index in [1.807, 2.05) is 0 Å². The summed E-state index contributed by atoms with van der Waals surface area (Å²) in [5.41, 5.74) is 0. The van der Waals surface area contributed by atoms with Gasteiger partial charge in [-0.15, -0.1) is 11.3 Å². The highest BCUT2D eigenvalue weighted by Crippen LogP contribution is 2.38. The molecule has 0 aliphatic heterocycles. The van der Waals surface area contributed by atoms with E-state index in [1.165, 1.54) is 17.4 Å². The third kappa shape index (κ3) is 2.85. The highest BCUT2D eigenvalue weighted by Gasteiger charge is 2.43. The monoisotopic (exact) mass is 309 g/mol. The molecule has 1 aromatic rings. The molecule has 0 bridgehead atoms. The molecular weight excluding hydrogens is 298 g/mol. The first-order valence-electron chi connectivity index (χ1n) is 5.29. The molecule has 1 aliphatic rings. The van der Waals surface area contributed by atoms with E-state index in [0.29, 0.717) is 15.6 Å². The molecule has 100 valence electrons. The van der Waals surface area contributed by atoms with Crippen molar-refractivity contribution in [3.05, 3.63) is 15.3 Å². The number of rotatable bonds is 5. The average Bonchev–Trinajstić information content (AvgIpc) is 2.95. The summed E-state index contributed by atoms with van der Waals surface area (Å²) in [5, 5.41) is 8.72. The van der Waals surface area contributed by atoms with Crippen LogP contribution in [0.1, 0.15) is 11.3 Å². The lowest BCUT2D eigenvalue weighted by Crippen LogP contribution is -2.26. The molecule has 1 aliphatic carbocycles. The minimum atomic E-state index is -3.59. The van der Waals surface area contributed by atoms with Crippen molar-refractivity contribution >= 4 is 38.9 Å². The van der Waals surface area contributed by atoms with Crippen LogP contribution in [0.4, 0.5) is 0 Å². The van der Waals surface area contributed by atoms with Crippen LogP contribution in [0.15, 0.2) is 11.0 Å². The van der Waals surface area contributed by atoms with Gasteiger partial charge in [-0.3, -0.25) is 4.79 Å². The molecule has 2 atom stereocenters. The van der Waals surface area contributed by atoms with Gasteiger partial charge >= 0.3 is 5.97 Å². The molecule has 0 spiro atoms. The number of aryl methyl sites for hydroxylation is 1. The van der Waals surface area contributed by atoms with Crippen molar-refractivity contribution < 1.29 is 18.3 Å². The lowest BCUT2D eigenvalue weighted by atomic mass is 10.3. The number of carboxylic acids is 1. The Hall–Kier alpha value is -0.630. The lowest BCUT2D eigenvalue weighted by molar-refractivity contribution is -0.138. The number of thiophene rings is 1. The molecule has 1 heterocycles. The van der Waals surface area contributed by atoms with E-state index in [1.54, 1.807) is 6.92 Å². The third-order valence-electron chi connectivity index (χ3n) is 2.91. The molecular formula is C10H12ClNO4S2. The summed E-state index contributed by atoms with van der Waals surface area (Å²) in [6.07, 6.45) is 0.529. The maximum atomic E-state index is 12.0. The van der Waals surface area contributed by atoms with Gasteiger partial charge in [-0.1, -0.05) is 11.6 Å². The Labute approximate surface area is 114 Å². The van der Waals surface area contributed by atoms with Gasteiger partial charge in [0.2, 0.25) is 10.0 Å². The van der Waals surface area contributed by atoms with Crippen LogP contribution in [0.2, 0.25) is 4.34 Å². The molecule has 0 radical (unpaired) electrons. The summed E-state index contributed by atoms with van der Waals surface area (Å²) < 4.78 is 26.8. The minimum absolute atomic E-state index is 0.105. The Morgan fingerprint density at radius 2 is 2.33 bits per heavy atom. The molecule has 0 unspecified atom stereocenters. The van der Waals surface area contributed by atoms with Crippen molar-refractivity contribution in [1.29, 1.82) is 0 Å². The quantitative estimate of drug-likeness (QED) is 0.867. The van der Waals surface area contributed by atoms with Crippen molar-refractivity contribution in [2.24, 2.45) is 11.8 Å². The summed E-state index contributed by atoms with van der Waals surface area (Å²) in [6.45, 7) is 1.84. The van der Waals surface area contributed by atoms with E-state index in [4.69, 9.17) is 16.7 Å². The molecule has 0 amide bonds. The molecule has 0 aromatic carbocycles. The van der Waals surface area contributed by atoms with Gasteiger partial charge in [0.15, 0.2) is 0 Å². The topological polar surface area (TPSA) is 83.5 Å². The summed E-state index contributed by atoms with van der Waals surface area (Å²) in [6, 6.07) is 1.41. The van der Waals surface area contributed by atoms with Crippen molar-refractivity contribution in [2.45, 2.75) is 18.2 Å². The molecule has 1 saturated carbocycles. The maximum absolute atomic E-state index is 12.0. The van der Waals surface area contributed by atoms with Crippen LogP contribution in [-0.4, -0.2) is 26.0 Å². The largest absolute Gasteiger partial charge is 0.481 e. The van der Waals surface area contributed by atoms with E-state index >= 15 is 0 Å². The van der Waals surface area contributed by atoms with Crippen LogP contribution in [0, 0.1) is 18.8 Å². The zero-order chi connectivity index (χ0) is 13.5. The Morgan fingerprint density at radius 1 is 1.67 bits per heavy atom. The number of aliphatic carboxylic acids is 1. The standard InChI is InChI=1S/C10H12ClNO4S2/c1-5-8(3-9(11)17-5)18(15,16)12-4-6-2-7(6)10(13)14/h3,6-7,12H,2,4H2,1H3,(H,13,14)/t6-,7+/m0/s1. The summed E-state index contributed by atoms with van der Waals surface area (Å²) in [4.78, 5) is 11.4. The highest BCUT2D eigenvalue weighted by atomic mass is 35.5. The van der Waals surface area contributed by atoms with Crippen molar-refractivity contribution in [2.75, 3.05) is 6.54 Å². The van der Waals surface area contributed by atoms with E-state index in [2.05, 4.69) is 4.72 Å². The fourth-order valence-corrected chi connectivity index (χ4v) is 4.69. The predicted octanol–water partition coefficient (Wildman–Crippen LogP) is 1.71. The van der Waals surface area contributed by atoms with Crippen molar-refractivity contribution in [1.82, 2.24) is 4.72 Å². The zero-order valence-corrected chi connectivity index (χ0v) is 11.9. The first-order chi connectivity index (χ1) is 8.31. The number of nitrogens with one attached hydrogen (secondary N) is 1. The molecule has 8 heteroatoms. The van der Waals surface area contributed by atoms with Gasteiger partial charge in [-0.2, -0.15) is 0 Å². The number of carbonyl (C=O) groups is 1. The van der Waals surface area contributed by atoms with Crippen LogP contribution in [0.25, 0.3) is 0 Å². The Bertz CT molecular complexity index is 581. The van der Waals surface area contributed by atoms with Crippen molar-refractivity contribution in [3.8, 4) is 0 Å².